The summed E-state index contributed by atoms with van der Waals surface area (Å²) in [6, 6.07) is 49.6. The Balaban J connectivity index is 1.41. The molecule has 2 nitrogen and oxygen atoms in total. The van der Waals surface area contributed by atoms with Crippen LogP contribution in [0.1, 0.15) is 79.0 Å². The summed E-state index contributed by atoms with van der Waals surface area (Å²) in [6.45, 7) is 23.7. The molecule has 0 aliphatic carbocycles. The van der Waals surface area contributed by atoms with Gasteiger partial charge in [0.15, 0.2) is 0 Å². The predicted molar refractivity (Wildman–Crippen MR) is 234 cm³/mol. The van der Waals surface area contributed by atoms with E-state index in [0.717, 1.165) is 0 Å². The molecule has 0 radical (unpaired) electrons. The molecule has 264 valence electrons. The average Bonchev–Trinajstić information content (AvgIpc) is 3.13. The van der Waals surface area contributed by atoms with Crippen molar-refractivity contribution in [3.63, 3.8) is 0 Å². The number of hydrogen-bond acceptors (Lipinski definition) is 2. The van der Waals surface area contributed by atoms with E-state index in [9.17, 15) is 0 Å². The van der Waals surface area contributed by atoms with Gasteiger partial charge >= 0.3 is 0 Å². The van der Waals surface area contributed by atoms with E-state index in [1.165, 1.54) is 82.8 Å². The second kappa shape index (κ2) is 11.4. The molecule has 3 aliphatic heterocycles. The van der Waals surface area contributed by atoms with Crippen molar-refractivity contribution in [2.45, 2.75) is 85.1 Å². The maximum Gasteiger partial charge on any atom is 0.251 e. The summed E-state index contributed by atoms with van der Waals surface area (Å²) in [6.07, 6.45) is 0. The second-order valence-electron chi connectivity index (χ2n) is 18.8. The van der Waals surface area contributed by atoms with Crippen molar-refractivity contribution in [1.29, 1.82) is 0 Å². The molecule has 3 heterocycles. The quantitative estimate of drug-likeness (QED) is 0.169. The van der Waals surface area contributed by atoms with Gasteiger partial charge in [-0.15, -0.1) is 0 Å². The molecule has 0 amide bonds. The largest absolute Gasteiger partial charge is 0.311 e. The first kappa shape index (κ1) is 34.0. The minimum Gasteiger partial charge on any atom is -0.311 e. The first-order chi connectivity index (χ1) is 25.1. The van der Waals surface area contributed by atoms with Crippen LogP contribution >= 0.6 is 0 Å². The van der Waals surface area contributed by atoms with Crippen LogP contribution in [0.25, 0.3) is 0 Å². The van der Waals surface area contributed by atoms with Gasteiger partial charge in [0.05, 0.1) is 0 Å². The molecule has 1 unspecified atom stereocenters. The standard InChI is InChI=1S/C49H51BN2Si/c1-47(2,3)32-25-27-35(28-26-32)51-38-19-14-20-39-44(38)50-45-40(51)21-15-23-42(45)53(10,37-17-12-11-13-18-37)43-24-16-22-41(46(43)50)52(39)36-30-33(48(4,5)6)29-34(31-36)49(7,8)9/h11-31H,1-10H3. The zero-order valence-electron chi connectivity index (χ0n) is 33.1. The van der Waals surface area contributed by atoms with Gasteiger partial charge in [0.25, 0.3) is 6.71 Å². The summed E-state index contributed by atoms with van der Waals surface area (Å²) in [7, 11) is -2.46. The predicted octanol–water partition coefficient (Wildman–Crippen LogP) is 9.08. The number of hydrogen-bond donors (Lipinski definition) is 0. The van der Waals surface area contributed by atoms with E-state index in [2.05, 4.69) is 206 Å². The van der Waals surface area contributed by atoms with Gasteiger partial charge in [0, 0.05) is 34.1 Å². The Labute approximate surface area is 318 Å². The van der Waals surface area contributed by atoms with E-state index < -0.39 is 8.07 Å². The maximum absolute atomic E-state index is 2.62. The average molecular weight is 707 g/mol. The minimum absolute atomic E-state index is 0.00319. The van der Waals surface area contributed by atoms with Crippen LogP contribution in [-0.4, -0.2) is 14.8 Å². The van der Waals surface area contributed by atoms with Crippen molar-refractivity contribution in [3.05, 3.63) is 144 Å². The molecule has 1 atom stereocenters. The lowest BCUT2D eigenvalue weighted by molar-refractivity contribution is 0.569. The third-order valence-corrected chi connectivity index (χ3v) is 16.9. The molecule has 4 heteroatoms. The van der Waals surface area contributed by atoms with Gasteiger partial charge in [-0.1, -0.05) is 158 Å². The van der Waals surface area contributed by atoms with E-state index >= 15 is 0 Å². The van der Waals surface area contributed by atoms with Gasteiger partial charge in [-0.3, -0.25) is 0 Å². The summed E-state index contributed by atoms with van der Waals surface area (Å²) >= 11 is 0. The van der Waals surface area contributed by atoms with Crippen molar-refractivity contribution >= 4 is 80.9 Å². The highest BCUT2D eigenvalue weighted by Gasteiger charge is 2.53. The molecule has 6 aromatic carbocycles. The van der Waals surface area contributed by atoms with E-state index in [-0.39, 0.29) is 23.0 Å². The van der Waals surface area contributed by atoms with Crippen molar-refractivity contribution in [3.8, 4) is 0 Å². The van der Waals surface area contributed by atoms with Crippen molar-refractivity contribution in [2.24, 2.45) is 0 Å². The molecular weight excluding hydrogens is 655 g/mol. The van der Waals surface area contributed by atoms with Crippen LogP contribution in [0, 0.1) is 0 Å². The molecule has 0 saturated heterocycles. The molecule has 0 spiro atoms. The summed E-state index contributed by atoms with van der Waals surface area (Å²) in [5, 5.41) is 4.53. The van der Waals surface area contributed by atoms with Crippen LogP contribution in [0.3, 0.4) is 0 Å². The fourth-order valence-corrected chi connectivity index (χ4v) is 13.6. The van der Waals surface area contributed by atoms with Crippen LogP contribution in [0.15, 0.2) is 127 Å². The molecule has 9 rings (SSSR count). The third-order valence-electron chi connectivity index (χ3n) is 12.4. The normalized spacial score (nSPS) is 17.2. The lowest BCUT2D eigenvalue weighted by Crippen LogP contribution is -2.83. The zero-order chi connectivity index (χ0) is 37.2. The molecule has 0 saturated carbocycles. The first-order valence-electron chi connectivity index (χ1n) is 19.4. The highest BCUT2D eigenvalue weighted by atomic mass is 28.3. The van der Waals surface area contributed by atoms with Gasteiger partial charge in [0.2, 0.25) is 0 Å². The Kier molecular flexibility index (Phi) is 7.28. The third kappa shape index (κ3) is 4.98. The lowest BCUT2D eigenvalue weighted by Gasteiger charge is -2.50. The topological polar surface area (TPSA) is 6.48 Å². The molecule has 0 bridgehead atoms. The van der Waals surface area contributed by atoms with Crippen LogP contribution in [0.5, 0.6) is 0 Å². The minimum atomic E-state index is -2.46. The Bertz CT molecular complexity index is 2400. The maximum atomic E-state index is 2.62. The molecule has 3 aliphatic rings. The number of nitrogens with zero attached hydrogens (tertiary/aromatic N) is 2. The monoisotopic (exact) mass is 706 g/mol. The molecular formula is C49H51BN2Si. The van der Waals surface area contributed by atoms with Gasteiger partial charge in [0.1, 0.15) is 8.07 Å². The van der Waals surface area contributed by atoms with Crippen molar-refractivity contribution in [2.75, 3.05) is 9.80 Å². The van der Waals surface area contributed by atoms with E-state index in [1.807, 2.05) is 0 Å². The van der Waals surface area contributed by atoms with Gasteiger partial charge in [-0.2, -0.15) is 0 Å². The summed E-state index contributed by atoms with van der Waals surface area (Å²) < 4.78 is 0. The lowest BCUT2D eigenvalue weighted by atomic mass is 9.33. The van der Waals surface area contributed by atoms with Crippen molar-refractivity contribution in [1.82, 2.24) is 0 Å². The highest BCUT2D eigenvalue weighted by Crippen LogP contribution is 2.46. The van der Waals surface area contributed by atoms with Gasteiger partial charge < -0.3 is 9.80 Å². The van der Waals surface area contributed by atoms with Crippen LogP contribution < -0.4 is 41.7 Å². The number of rotatable bonds is 3. The van der Waals surface area contributed by atoms with Crippen LogP contribution in [0.2, 0.25) is 6.55 Å². The van der Waals surface area contributed by atoms with Crippen LogP contribution in [0.4, 0.5) is 34.1 Å². The van der Waals surface area contributed by atoms with Crippen molar-refractivity contribution < 1.29 is 0 Å². The highest BCUT2D eigenvalue weighted by molar-refractivity contribution is 7.21. The fraction of sp³-hybridized carbons (Fsp3) is 0.265. The van der Waals surface area contributed by atoms with E-state index in [0.29, 0.717) is 0 Å². The first-order valence-corrected chi connectivity index (χ1v) is 21.9. The Hall–Kier alpha value is -4.80. The van der Waals surface area contributed by atoms with Gasteiger partial charge in [-0.25, -0.2) is 0 Å². The SMILES string of the molecule is CC(C)(C)c1ccc(N2c3cccc4c3B3c5c2cccc5[Si](C)(c2ccccc2)c2cccc(c23)N4c2cc(C(C)(C)C)cc(C(C)(C)C)c2)cc1. The number of benzene rings is 6. The molecule has 0 fully saturated rings. The Morgan fingerprint density at radius 2 is 0.849 bits per heavy atom. The summed E-state index contributed by atoms with van der Waals surface area (Å²) in [5.41, 5.74) is 16.2. The Morgan fingerprint density at radius 1 is 0.415 bits per heavy atom. The smallest absolute Gasteiger partial charge is 0.251 e. The zero-order valence-corrected chi connectivity index (χ0v) is 34.1. The van der Waals surface area contributed by atoms with Gasteiger partial charge in [-0.05, 0) is 103 Å². The summed E-state index contributed by atoms with van der Waals surface area (Å²) in [4.78, 5) is 5.20. The number of anilines is 6. The van der Waals surface area contributed by atoms with E-state index in [4.69, 9.17) is 0 Å². The molecule has 53 heavy (non-hydrogen) atoms. The molecule has 6 aromatic rings. The Morgan fingerprint density at radius 3 is 1.32 bits per heavy atom. The summed E-state index contributed by atoms with van der Waals surface area (Å²) in [5.74, 6) is 0. The molecule has 0 aromatic heterocycles. The van der Waals surface area contributed by atoms with Crippen LogP contribution in [-0.2, 0) is 16.2 Å². The second-order valence-corrected chi connectivity index (χ2v) is 22.8. The molecule has 0 N–H and O–H groups in total. The van der Waals surface area contributed by atoms with E-state index in [1.54, 1.807) is 0 Å². The fourth-order valence-electron chi connectivity index (χ4n) is 9.39.